The van der Waals surface area contributed by atoms with Gasteiger partial charge in [-0.15, -0.1) is 0 Å². The number of carbonyl (C=O) groups is 2. The Kier molecular flexibility index (Phi) is 7.02. The van der Waals surface area contributed by atoms with Gasteiger partial charge >= 0.3 is 11.9 Å². The minimum atomic E-state index is -0.360. The third-order valence-corrected chi connectivity index (χ3v) is 2.97. The molecule has 0 unspecified atom stereocenters. The second-order valence-electron chi connectivity index (χ2n) is 5.17. The van der Waals surface area contributed by atoms with E-state index in [0.29, 0.717) is 23.9 Å². The van der Waals surface area contributed by atoms with E-state index < -0.39 is 0 Å². The van der Waals surface area contributed by atoms with Gasteiger partial charge in [-0.1, -0.05) is 11.8 Å². The van der Waals surface area contributed by atoms with E-state index in [-0.39, 0.29) is 11.9 Å². The van der Waals surface area contributed by atoms with Gasteiger partial charge in [-0.3, -0.25) is 9.59 Å². The highest BCUT2D eigenvalue weighted by atomic mass is 16.5. The number of benzene rings is 2. The fourth-order valence-electron chi connectivity index (χ4n) is 1.92. The molecule has 132 valence electrons. The molecule has 0 aromatic heterocycles. The Morgan fingerprint density at radius 1 is 0.846 bits per heavy atom. The summed E-state index contributed by atoms with van der Waals surface area (Å²) < 4.78 is 15.4. The largest absolute Gasteiger partial charge is 0.490 e. The van der Waals surface area contributed by atoms with E-state index in [1.165, 1.54) is 13.8 Å². The minimum absolute atomic E-state index is 0.354. The second-order valence-corrected chi connectivity index (χ2v) is 5.17. The Balaban J connectivity index is 1.78. The van der Waals surface area contributed by atoms with Gasteiger partial charge in [-0.05, 0) is 60.7 Å². The van der Waals surface area contributed by atoms with Crippen LogP contribution in [0.3, 0.4) is 0 Å². The van der Waals surface area contributed by atoms with Crippen LogP contribution in [-0.4, -0.2) is 18.5 Å². The van der Waals surface area contributed by atoms with E-state index in [1.54, 1.807) is 60.7 Å². The van der Waals surface area contributed by atoms with E-state index in [4.69, 9.17) is 14.2 Å². The molecule has 0 fully saturated rings. The Hall–Kier alpha value is -3.52. The normalized spacial score (nSPS) is 9.92. The molecule has 26 heavy (non-hydrogen) atoms. The van der Waals surface area contributed by atoms with E-state index in [1.807, 2.05) is 0 Å². The summed E-state index contributed by atoms with van der Waals surface area (Å²) in [5.74, 6) is 6.79. The van der Waals surface area contributed by atoms with Crippen LogP contribution in [0.4, 0.5) is 0 Å². The van der Waals surface area contributed by atoms with Crippen LogP contribution in [0, 0.1) is 11.8 Å². The molecule has 2 aromatic carbocycles. The van der Waals surface area contributed by atoms with E-state index in [0.717, 1.165) is 5.56 Å². The molecule has 0 radical (unpaired) electrons. The van der Waals surface area contributed by atoms with E-state index in [2.05, 4.69) is 11.8 Å². The Morgan fingerprint density at radius 3 is 1.88 bits per heavy atom. The predicted octanol–water partition coefficient (Wildman–Crippen LogP) is 3.52. The van der Waals surface area contributed by atoms with Crippen LogP contribution in [0.25, 0.3) is 0 Å². The Morgan fingerprint density at radius 2 is 1.35 bits per heavy atom. The number of allylic oxidation sites excluding steroid dienone is 1. The lowest BCUT2D eigenvalue weighted by Crippen LogP contribution is -2.01. The molecule has 0 aliphatic carbocycles. The van der Waals surface area contributed by atoms with Gasteiger partial charge in [0.2, 0.25) is 0 Å². The van der Waals surface area contributed by atoms with Gasteiger partial charge in [0.15, 0.2) is 0 Å². The first-order valence-corrected chi connectivity index (χ1v) is 7.89. The van der Waals surface area contributed by atoms with E-state index >= 15 is 0 Å². The van der Waals surface area contributed by atoms with Crippen LogP contribution >= 0.6 is 0 Å². The van der Waals surface area contributed by atoms with Crippen molar-refractivity contribution in [2.45, 2.75) is 13.8 Å². The number of hydrogen-bond acceptors (Lipinski definition) is 5. The van der Waals surface area contributed by atoms with Crippen LogP contribution in [0.1, 0.15) is 19.4 Å². The maximum Gasteiger partial charge on any atom is 0.308 e. The van der Waals surface area contributed by atoms with Crippen LogP contribution in [0.5, 0.6) is 17.2 Å². The van der Waals surface area contributed by atoms with Crippen molar-refractivity contribution in [3.05, 3.63) is 66.2 Å². The zero-order chi connectivity index (χ0) is 18.8. The third kappa shape index (κ3) is 6.93. The number of rotatable bonds is 5. The van der Waals surface area contributed by atoms with Crippen LogP contribution in [0.2, 0.25) is 0 Å². The summed E-state index contributed by atoms with van der Waals surface area (Å²) in [5, 5.41) is 0. The molecule has 0 saturated carbocycles. The zero-order valence-corrected chi connectivity index (χ0v) is 14.5. The first-order chi connectivity index (χ1) is 12.5. The van der Waals surface area contributed by atoms with Gasteiger partial charge in [-0.25, -0.2) is 0 Å². The van der Waals surface area contributed by atoms with Crippen molar-refractivity contribution in [2.24, 2.45) is 0 Å². The summed E-state index contributed by atoms with van der Waals surface area (Å²) in [7, 11) is 0. The highest BCUT2D eigenvalue weighted by molar-refractivity contribution is 5.69. The first-order valence-electron chi connectivity index (χ1n) is 7.89. The number of carbonyl (C=O) groups excluding carboxylic acids is 2. The van der Waals surface area contributed by atoms with Crippen LogP contribution in [0.15, 0.2) is 60.7 Å². The molecule has 2 rings (SSSR count). The number of ether oxygens (including phenoxy) is 3. The predicted molar refractivity (Wildman–Crippen MR) is 97.0 cm³/mol. The van der Waals surface area contributed by atoms with Gasteiger partial charge in [0.1, 0.15) is 23.9 Å². The van der Waals surface area contributed by atoms with Crippen molar-refractivity contribution in [2.75, 3.05) is 6.61 Å². The Labute approximate surface area is 152 Å². The summed E-state index contributed by atoms with van der Waals surface area (Å²) in [6.07, 6.45) is 3.49. The molecule has 0 spiro atoms. The van der Waals surface area contributed by atoms with Crippen molar-refractivity contribution in [1.29, 1.82) is 0 Å². The molecule has 0 heterocycles. The van der Waals surface area contributed by atoms with Gasteiger partial charge in [0, 0.05) is 19.4 Å². The van der Waals surface area contributed by atoms with Crippen molar-refractivity contribution in [3.63, 3.8) is 0 Å². The maximum absolute atomic E-state index is 10.8. The van der Waals surface area contributed by atoms with Gasteiger partial charge in [0.25, 0.3) is 0 Å². The lowest BCUT2D eigenvalue weighted by Gasteiger charge is -2.04. The summed E-state index contributed by atoms with van der Waals surface area (Å²) in [5.41, 5.74) is 0.813. The van der Waals surface area contributed by atoms with Gasteiger partial charge in [0.05, 0.1) is 0 Å². The zero-order valence-electron chi connectivity index (χ0n) is 14.5. The smallest absolute Gasteiger partial charge is 0.308 e. The highest BCUT2D eigenvalue weighted by Crippen LogP contribution is 2.17. The quantitative estimate of drug-likeness (QED) is 0.469. The third-order valence-electron chi connectivity index (χ3n) is 2.97. The van der Waals surface area contributed by atoms with Crippen molar-refractivity contribution < 1.29 is 23.8 Å². The van der Waals surface area contributed by atoms with Gasteiger partial charge < -0.3 is 14.2 Å². The average Bonchev–Trinajstić information content (AvgIpc) is 2.60. The lowest BCUT2D eigenvalue weighted by molar-refractivity contribution is -0.132. The molecule has 0 aliphatic heterocycles. The standard InChI is InChI=1S/C21H18O5/c1-16(22)25-20-9-7-18(8-10-20)6-4-3-5-15-24-19-11-13-21(14-12-19)26-17(2)23/h3,5,7-14H,15H2,1-2H3/b5-3+. The summed E-state index contributed by atoms with van der Waals surface area (Å²) in [6, 6.07) is 13.7. The average molecular weight is 350 g/mol. The SMILES string of the molecule is CC(=O)Oc1ccc(C#C/C=C/COc2ccc(OC(C)=O)cc2)cc1. The van der Waals surface area contributed by atoms with E-state index in [9.17, 15) is 9.59 Å². The number of esters is 2. The first kappa shape index (κ1) is 18.8. The summed E-state index contributed by atoms with van der Waals surface area (Å²) >= 11 is 0. The summed E-state index contributed by atoms with van der Waals surface area (Å²) in [6.45, 7) is 3.08. The fraction of sp³-hybridized carbons (Fsp3) is 0.143. The van der Waals surface area contributed by atoms with Crippen LogP contribution in [-0.2, 0) is 9.59 Å². The topological polar surface area (TPSA) is 61.8 Å². The monoisotopic (exact) mass is 350 g/mol. The molecule has 2 aromatic rings. The maximum atomic E-state index is 10.8. The lowest BCUT2D eigenvalue weighted by atomic mass is 10.2. The number of hydrogen-bond donors (Lipinski definition) is 0. The Bertz CT molecular complexity index is 837. The fourth-order valence-corrected chi connectivity index (χ4v) is 1.92. The van der Waals surface area contributed by atoms with Gasteiger partial charge in [-0.2, -0.15) is 0 Å². The molecular weight excluding hydrogens is 332 g/mol. The molecule has 5 nitrogen and oxygen atoms in total. The van der Waals surface area contributed by atoms with Crippen molar-refractivity contribution in [3.8, 4) is 29.1 Å². The molecule has 0 atom stereocenters. The van der Waals surface area contributed by atoms with Crippen molar-refractivity contribution in [1.82, 2.24) is 0 Å². The molecule has 0 saturated heterocycles. The summed E-state index contributed by atoms with van der Waals surface area (Å²) in [4.78, 5) is 21.7. The highest BCUT2D eigenvalue weighted by Gasteiger charge is 1.98. The second kappa shape index (κ2) is 9.70. The van der Waals surface area contributed by atoms with Crippen LogP contribution < -0.4 is 14.2 Å². The molecule has 0 aliphatic rings. The minimum Gasteiger partial charge on any atom is -0.490 e. The van der Waals surface area contributed by atoms with Crippen molar-refractivity contribution >= 4 is 11.9 Å². The molecular formula is C21H18O5. The molecule has 0 bridgehead atoms. The molecule has 5 heteroatoms. The molecule has 0 amide bonds. The molecule has 0 N–H and O–H groups in total.